The Morgan fingerprint density at radius 2 is 1.88 bits per heavy atom. The molecule has 0 fully saturated rings. The number of hydrogen-bond acceptors (Lipinski definition) is 5. The minimum atomic E-state index is -3.00. The Kier molecular flexibility index (Phi) is 5.89. The number of carbonyl (C=O) groups excluding carboxylic acids is 2. The SMILES string of the molecule is COc1ccc(-c2cc(NC(=O)c3ccc4c(c3)OCC(=O)N4)ccc2OC(F)F)cc1. The highest BCUT2D eigenvalue weighted by Crippen LogP contribution is 2.35. The van der Waals surface area contributed by atoms with Gasteiger partial charge in [0.05, 0.1) is 12.8 Å². The van der Waals surface area contributed by atoms with Gasteiger partial charge in [-0.15, -0.1) is 0 Å². The Hall–Kier alpha value is -4.14. The third kappa shape index (κ3) is 4.61. The van der Waals surface area contributed by atoms with E-state index < -0.39 is 12.5 Å². The summed E-state index contributed by atoms with van der Waals surface area (Å²) in [6.07, 6.45) is 0. The van der Waals surface area contributed by atoms with Gasteiger partial charge in [0.15, 0.2) is 6.61 Å². The fourth-order valence-electron chi connectivity index (χ4n) is 3.22. The summed E-state index contributed by atoms with van der Waals surface area (Å²) in [5.41, 5.74) is 2.15. The largest absolute Gasteiger partial charge is 0.497 e. The lowest BCUT2D eigenvalue weighted by atomic mass is 10.0. The van der Waals surface area contributed by atoms with Crippen molar-refractivity contribution in [1.29, 1.82) is 0 Å². The van der Waals surface area contributed by atoms with Crippen molar-refractivity contribution in [2.45, 2.75) is 6.61 Å². The zero-order chi connectivity index (χ0) is 22.7. The van der Waals surface area contributed by atoms with Gasteiger partial charge in [0.2, 0.25) is 0 Å². The number of carbonyl (C=O) groups is 2. The van der Waals surface area contributed by atoms with E-state index in [0.717, 1.165) is 0 Å². The van der Waals surface area contributed by atoms with Gasteiger partial charge in [-0.3, -0.25) is 9.59 Å². The second-order valence-corrected chi connectivity index (χ2v) is 6.82. The Bertz CT molecular complexity index is 1170. The lowest BCUT2D eigenvalue weighted by Gasteiger charge is -2.18. The standard InChI is InChI=1S/C23H18F2N2O5/c1-30-16-6-2-13(3-7-16)17-11-15(5-9-19(17)32-23(24)25)26-22(29)14-4-8-18-20(10-14)31-12-21(28)27-18/h2-11,23H,12H2,1H3,(H,26,29)(H,27,28). The van der Waals surface area contributed by atoms with Crippen molar-refractivity contribution >= 4 is 23.2 Å². The highest BCUT2D eigenvalue weighted by atomic mass is 19.3. The maximum atomic E-state index is 12.9. The molecule has 2 N–H and O–H groups in total. The molecule has 0 spiro atoms. The van der Waals surface area contributed by atoms with Gasteiger partial charge in [0, 0.05) is 16.8 Å². The molecular weight excluding hydrogens is 422 g/mol. The van der Waals surface area contributed by atoms with Crippen LogP contribution in [0, 0.1) is 0 Å². The van der Waals surface area contributed by atoms with Crippen molar-refractivity contribution < 1.29 is 32.6 Å². The van der Waals surface area contributed by atoms with Gasteiger partial charge in [-0.25, -0.2) is 0 Å². The van der Waals surface area contributed by atoms with Crippen LogP contribution in [-0.4, -0.2) is 32.1 Å². The van der Waals surface area contributed by atoms with Gasteiger partial charge >= 0.3 is 6.61 Å². The molecule has 0 bridgehead atoms. The van der Waals surface area contributed by atoms with E-state index >= 15 is 0 Å². The van der Waals surface area contributed by atoms with E-state index in [1.54, 1.807) is 42.5 Å². The molecule has 0 unspecified atom stereocenters. The van der Waals surface area contributed by atoms with Crippen LogP contribution in [-0.2, 0) is 4.79 Å². The number of ether oxygens (including phenoxy) is 3. The fraction of sp³-hybridized carbons (Fsp3) is 0.130. The molecule has 0 aromatic heterocycles. The number of amides is 2. The van der Waals surface area contributed by atoms with Crippen molar-refractivity contribution in [3.63, 3.8) is 0 Å². The van der Waals surface area contributed by atoms with E-state index in [1.165, 1.54) is 25.3 Å². The number of hydrogen-bond donors (Lipinski definition) is 2. The molecule has 3 aromatic carbocycles. The van der Waals surface area contributed by atoms with E-state index in [1.807, 2.05) is 0 Å². The van der Waals surface area contributed by atoms with Crippen LogP contribution in [0.15, 0.2) is 60.7 Å². The van der Waals surface area contributed by atoms with Crippen LogP contribution < -0.4 is 24.8 Å². The van der Waals surface area contributed by atoms with E-state index in [9.17, 15) is 18.4 Å². The molecule has 2 amide bonds. The van der Waals surface area contributed by atoms with Crippen LogP contribution in [0.5, 0.6) is 17.2 Å². The summed E-state index contributed by atoms with van der Waals surface area (Å²) in [6, 6.07) is 15.8. The fourth-order valence-corrected chi connectivity index (χ4v) is 3.22. The van der Waals surface area contributed by atoms with Crippen LogP contribution in [0.4, 0.5) is 20.2 Å². The van der Waals surface area contributed by atoms with Gasteiger partial charge in [0.1, 0.15) is 17.2 Å². The van der Waals surface area contributed by atoms with E-state index in [-0.39, 0.29) is 18.3 Å². The normalized spacial score (nSPS) is 12.4. The van der Waals surface area contributed by atoms with Crippen molar-refractivity contribution in [1.82, 2.24) is 0 Å². The number of methoxy groups -OCH3 is 1. The van der Waals surface area contributed by atoms with Crippen molar-refractivity contribution in [3.05, 3.63) is 66.2 Å². The van der Waals surface area contributed by atoms with Crippen LogP contribution in [0.2, 0.25) is 0 Å². The zero-order valence-electron chi connectivity index (χ0n) is 16.9. The van der Waals surface area contributed by atoms with Crippen molar-refractivity contribution in [2.75, 3.05) is 24.4 Å². The van der Waals surface area contributed by atoms with Gasteiger partial charge in [-0.05, 0) is 54.1 Å². The average Bonchev–Trinajstić information content (AvgIpc) is 2.79. The van der Waals surface area contributed by atoms with Crippen LogP contribution >= 0.6 is 0 Å². The Morgan fingerprint density at radius 3 is 2.59 bits per heavy atom. The first-order chi connectivity index (χ1) is 15.4. The molecule has 1 aliphatic rings. The minimum Gasteiger partial charge on any atom is -0.497 e. The number of alkyl halides is 2. The molecule has 164 valence electrons. The predicted octanol–water partition coefficient (Wildman–Crippen LogP) is 4.55. The molecule has 1 heterocycles. The van der Waals surface area contributed by atoms with Gasteiger partial charge in [-0.2, -0.15) is 8.78 Å². The van der Waals surface area contributed by atoms with E-state index in [0.29, 0.717) is 39.6 Å². The Balaban J connectivity index is 1.60. The van der Waals surface area contributed by atoms with Gasteiger partial charge in [-0.1, -0.05) is 12.1 Å². The number of nitrogens with one attached hydrogen (secondary N) is 2. The first-order valence-corrected chi connectivity index (χ1v) is 9.54. The highest BCUT2D eigenvalue weighted by molar-refractivity contribution is 6.06. The lowest BCUT2D eigenvalue weighted by Crippen LogP contribution is -2.25. The summed E-state index contributed by atoms with van der Waals surface area (Å²) >= 11 is 0. The van der Waals surface area contributed by atoms with Crippen LogP contribution in [0.1, 0.15) is 10.4 Å². The minimum absolute atomic E-state index is 0.0268. The van der Waals surface area contributed by atoms with Gasteiger partial charge < -0.3 is 24.8 Å². The quantitative estimate of drug-likeness (QED) is 0.588. The summed E-state index contributed by atoms with van der Waals surface area (Å²) < 4.78 is 40.9. The van der Waals surface area contributed by atoms with E-state index in [2.05, 4.69) is 15.4 Å². The maximum absolute atomic E-state index is 12.9. The number of anilines is 2. The third-order valence-corrected chi connectivity index (χ3v) is 4.73. The van der Waals surface area contributed by atoms with Gasteiger partial charge in [0.25, 0.3) is 11.8 Å². The smallest absolute Gasteiger partial charge is 0.387 e. The number of benzene rings is 3. The zero-order valence-corrected chi connectivity index (χ0v) is 16.9. The summed E-state index contributed by atoms with van der Waals surface area (Å²) in [4.78, 5) is 24.1. The lowest BCUT2D eigenvalue weighted by molar-refractivity contribution is -0.118. The first kappa shape index (κ1) is 21.1. The molecule has 32 heavy (non-hydrogen) atoms. The third-order valence-electron chi connectivity index (χ3n) is 4.73. The molecule has 0 saturated carbocycles. The van der Waals surface area contributed by atoms with Crippen LogP contribution in [0.25, 0.3) is 11.1 Å². The molecule has 7 nitrogen and oxygen atoms in total. The number of fused-ring (bicyclic) bond motifs is 1. The number of rotatable bonds is 6. The van der Waals surface area contributed by atoms with Crippen molar-refractivity contribution in [2.24, 2.45) is 0 Å². The molecular formula is C23H18F2N2O5. The molecule has 0 aliphatic carbocycles. The molecule has 0 atom stereocenters. The summed E-state index contributed by atoms with van der Waals surface area (Å²) in [6.45, 7) is -3.13. The summed E-state index contributed by atoms with van der Waals surface area (Å²) in [7, 11) is 1.52. The molecule has 1 aliphatic heterocycles. The molecule has 3 aromatic rings. The highest BCUT2D eigenvalue weighted by Gasteiger charge is 2.19. The topological polar surface area (TPSA) is 85.9 Å². The number of halogens is 2. The monoisotopic (exact) mass is 440 g/mol. The molecule has 4 rings (SSSR count). The molecule has 0 radical (unpaired) electrons. The second kappa shape index (κ2) is 8.93. The average molecular weight is 440 g/mol. The summed E-state index contributed by atoms with van der Waals surface area (Å²) in [5, 5.41) is 5.39. The Morgan fingerprint density at radius 1 is 1.09 bits per heavy atom. The van der Waals surface area contributed by atoms with E-state index in [4.69, 9.17) is 9.47 Å². The van der Waals surface area contributed by atoms with Crippen molar-refractivity contribution in [3.8, 4) is 28.4 Å². The Labute approximate surface area is 181 Å². The maximum Gasteiger partial charge on any atom is 0.387 e. The summed E-state index contributed by atoms with van der Waals surface area (Å²) in [5.74, 6) is 0.265. The second-order valence-electron chi connectivity index (χ2n) is 6.82. The first-order valence-electron chi connectivity index (χ1n) is 9.54. The molecule has 0 saturated heterocycles. The predicted molar refractivity (Wildman–Crippen MR) is 114 cm³/mol. The van der Waals surface area contributed by atoms with Crippen LogP contribution in [0.3, 0.4) is 0 Å². The molecule has 9 heteroatoms.